The first kappa shape index (κ1) is 31.0. The average Bonchev–Trinajstić information content (AvgIpc) is 3.37. The predicted molar refractivity (Wildman–Crippen MR) is 175 cm³/mol. The van der Waals surface area contributed by atoms with Crippen molar-refractivity contribution in [1.82, 2.24) is 10.0 Å². The number of hydrogen-bond donors (Lipinski definition) is 0. The van der Waals surface area contributed by atoms with Gasteiger partial charge in [-0.3, -0.25) is 9.29 Å². The van der Waals surface area contributed by atoms with Gasteiger partial charge in [0.1, 0.15) is 11.9 Å². The molecule has 0 N–H and O–H groups in total. The zero-order chi connectivity index (χ0) is 30.5. The van der Waals surface area contributed by atoms with Crippen LogP contribution in [0.4, 0.5) is 8.87 Å². The number of ether oxygens (including phenoxy) is 1. The topological polar surface area (TPSA) is 15.7 Å². The van der Waals surface area contributed by atoms with E-state index in [1.165, 1.54) is 39.0 Å². The first-order chi connectivity index (χ1) is 20.8. The van der Waals surface area contributed by atoms with Gasteiger partial charge in [-0.1, -0.05) is 66.0 Å². The number of alkyl halides is 1. The molecule has 3 aromatic carbocycles. The third kappa shape index (κ3) is 7.04. The third-order valence-electron chi connectivity index (χ3n) is 9.11. The summed E-state index contributed by atoms with van der Waals surface area (Å²) in [5, 5.41) is 0.805. The zero-order valence-corrected chi connectivity index (χ0v) is 26.3. The molecule has 1 saturated heterocycles. The quantitative estimate of drug-likeness (QED) is 0.209. The molecule has 0 aromatic heterocycles. The minimum Gasteiger partial charge on any atom is -0.489 e. The molecule has 0 saturated carbocycles. The number of likely N-dealkylation sites (tertiary alicyclic amines) is 1. The van der Waals surface area contributed by atoms with Crippen LogP contribution in [0.15, 0.2) is 67.2 Å². The summed E-state index contributed by atoms with van der Waals surface area (Å²) in [6.45, 7) is 14.6. The second kappa shape index (κ2) is 13.9. The van der Waals surface area contributed by atoms with E-state index in [0.717, 1.165) is 67.3 Å². The highest BCUT2D eigenvalue weighted by molar-refractivity contribution is 6.00. The minimum atomic E-state index is -0.269. The molecule has 1 aliphatic carbocycles. The Kier molecular flexibility index (Phi) is 10.0. The number of benzene rings is 3. The average molecular weight is 585 g/mol. The lowest BCUT2D eigenvalue weighted by atomic mass is 9.85. The van der Waals surface area contributed by atoms with Crippen LogP contribution >= 0.6 is 0 Å². The summed E-state index contributed by atoms with van der Waals surface area (Å²) in [7, 11) is 0. The third-order valence-corrected chi connectivity index (χ3v) is 9.11. The minimum absolute atomic E-state index is 0.131. The number of nitrogens with zero attached hydrogens (tertiary/aromatic N) is 2. The Labute approximate surface area is 256 Å². The number of aryl methyl sites for hydroxylation is 3. The Morgan fingerprint density at radius 2 is 1.81 bits per heavy atom. The highest BCUT2D eigenvalue weighted by Crippen LogP contribution is 2.42. The zero-order valence-electron chi connectivity index (χ0n) is 26.3. The Hall–Kier alpha value is -3.44. The van der Waals surface area contributed by atoms with E-state index >= 15 is 4.48 Å². The molecule has 2 aliphatic rings. The molecule has 3 nitrogen and oxygen atoms in total. The van der Waals surface area contributed by atoms with Crippen molar-refractivity contribution in [2.45, 2.75) is 78.4 Å². The van der Waals surface area contributed by atoms with Gasteiger partial charge < -0.3 is 4.74 Å². The molecule has 1 heterocycles. The Bertz CT molecular complexity index is 1460. The van der Waals surface area contributed by atoms with Crippen LogP contribution in [0, 0.1) is 13.8 Å². The van der Waals surface area contributed by atoms with Crippen LogP contribution in [0.1, 0.15) is 84.9 Å². The maximum Gasteiger partial charge on any atom is 0.119 e. The molecule has 1 fully saturated rings. The SMILES string of the molecule is C=C(c1ccc2c(c1)CCCC(c1ccc(C)cc1C)=C2c1ccc(OC2CCN(CCCF)C2)cc1)N(F)[C@H](C)CC. The maximum atomic E-state index is 15.0. The molecule has 0 spiro atoms. The van der Waals surface area contributed by atoms with Gasteiger partial charge in [-0.25, -0.2) is 5.12 Å². The van der Waals surface area contributed by atoms with Gasteiger partial charge in [0.05, 0.1) is 18.4 Å². The van der Waals surface area contributed by atoms with Crippen molar-refractivity contribution >= 4 is 16.8 Å². The van der Waals surface area contributed by atoms with E-state index in [9.17, 15) is 4.39 Å². The number of hydrogen-bond acceptors (Lipinski definition) is 3. The van der Waals surface area contributed by atoms with Crippen LogP contribution in [0.2, 0.25) is 0 Å². The lowest BCUT2D eigenvalue weighted by molar-refractivity contribution is 0.0585. The highest BCUT2D eigenvalue weighted by Gasteiger charge is 2.25. The molecular weight excluding hydrogens is 538 g/mol. The molecule has 228 valence electrons. The second-order valence-electron chi connectivity index (χ2n) is 12.3. The number of allylic oxidation sites excluding steroid dienone is 1. The Morgan fingerprint density at radius 1 is 1.05 bits per heavy atom. The largest absolute Gasteiger partial charge is 0.489 e. The summed E-state index contributed by atoms with van der Waals surface area (Å²) in [5.41, 5.74) is 11.2. The van der Waals surface area contributed by atoms with Gasteiger partial charge in [-0.15, -0.1) is 0 Å². The van der Waals surface area contributed by atoms with Gasteiger partial charge in [0.25, 0.3) is 0 Å². The monoisotopic (exact) mass is 584 g/mol. The number of rotatable bonds is 11. The van der Waals surface area contributed by atoms with Gasteiger partial charge in [-0.2, -0.15) is 0 Å². The lowest BCUT2D eigenvalue weighted by Crippen LogP contribution is -2.26. The van der Waals surface area contributed by atoms with Crippen LogP contribution in [0.3, 0.4) is 0 Å². The molecule has 2 atom stereocenters. The molecule has 1 unspecified atom stereocenters. The molecule has 1 aliphatic heterocycles. The van der Waals surface area contributed by atoms with E-state index in [-0.39, 0.29) is 18.8 Å². The van der Waals surface area contributed by atoms with Gasteiger partial charge >= 0.3 is 0 Å². The fraction of sp³-hybridized carbons (Fsp3) is 0.421. The van der Waals surface area contributed by atoms with Crippen molar-refractivity contribution < 1.29 is 13.6 Å². The first-order valence-electron chi connectivity index (χ1n) is 15.9. The van der Waals surface area contributed by atoms with E-state index in [2.05, 4.69) is 79.9 Å². The molecule has 5 rings (SSSR count). The molecule has 43 heavy (non-hydrogen) atoms. The lowest BCUT2D eigenvalue weighted by Gasteiger charge is -2.24. The molecule has 5 heteroatoms. The van der Waals surface area contributed by atoms with Crippen LogP contribution in [0.25, 0.3) is 16.8 Å². The highest BCUT2D eigenvalue weighted by atomic mass is 19.2. The van der Waals surface area contributed by atoms with Crippen molar-refractivity contribution in [2.75, 3.05) is 26.3 Å². The van der Waals surface area contributed by atoms with E-state index < -0.39 is 0 Å². The van der Waals surface area contributed by atoms with Gasteiger partial charge in [0.2, 0.25) is 0 Å². The summed E-state index contributed by atoms with van der Waals surface area (Å²) in [6.07, 6.45) is 5.29. The van der Waals surface area contributed by atoms with E-state index in [1.807, 2.05) is 19.9 Å². The van der Waals surface area contributed by atoms with E-state index in [1.54, 1.807) is 0 Å². The number of fused-ring (bicyclic) bond motifs is 1. The van der Waals surface area contributed by atoms with E-state index in [4.69, 9.17) is 4.74 Å². The summed E-state index contributed by atoms with van der Waals surface area (Å²) < 4.78 is 34.0. The Morgan fingerprint density at radius 3 is 2.53 bits per heavy atom. The summed E-state index contributed by atoms with van der Waals surface area (Å²) in [4.78, 5) is 2.29. The summed E-state index contributed by atoms with van der Waals surface area (Å²) in [6, 6.07) is 21.4. The molecule has 0 radical (unpaired) electrons. The van der Waals surface area contributed by atoms with Crippen molar-refractivity contribution in [2.24, 2.45) is 0 Å². The second-order valence-corrected chi connectivity index (χ2v) is 12.3. The fourth-order valence-electron chi connectivity index (χ4n) is 6.54. The fourth-order valence-corrected chi connectivity index (χ4v) is 6.54. The maximum absolute atomic E-state index is 15.0. The van der Waals surface area contributed by atoms with Crippen molar-refractivity contribution in [3.63, 3.8) is 0 Å². The summed E-state index contributed by atoms with van der Waals surface area (Å²) in [5.74, 6) is 0.864. The van der Waals surface area contributed by atoms with E-state index in [0.29, 0.717) is 18.5 Å². The van der Waals surface area contributed by atoms with Crippen LogP contribution in [-0.4, -0.2) is 48.5 Å². The van der Waals surface area contributed by atoms with Gasteiger partial charge in [0, 0.05) is 25.2 Å². The van der Waals surface area contributed by atoms with Crippen molar-refractivity contribution in [3.8, 4) is 5.75 Å². The van der Waals surface area contributed by atoms with Crippen LogP contribution in [0.5, 0.6) is 5.75 Å². The van der Waals surface area contributed by atoms with Crippen molar-refractivity contribution in [1.29, 1.82) is 0 Å². The molecule has 0 amide bonds. The first-order valence-corrected chi connectivity index (χ1v) is 15.9. The van der Waals surface area contributed by atoms with Crippen LogP contribution in [-0.2, 0) is 6.42 Å². The smallest absolute Gasteiger partial charge is 0.119 e. The molecular formula is C38H46F2N2O. The normalized spacial score (nSPS) is 17.9. The summed E-state index contributed by atoms with van der Waals surface area (Å²) >= 11 is 0. The molecule has 0 bridgehead atoms. The van der Waals surface area contributed by atoms with Crippen molar-refractivity contribution in [3.05, 3.63) is 106 Å². The van der Waals surface area contributed by atoms with Gasteiger partial charge in [0.15, 0.2) is 0 Å². The van der Waals surface area contributed by atoms with Crippen LogP contribution < -0.4 is 4.74 Å². The molecule has 3 aromatic rings. The predicted octanol–water partition coefficient (Wildman–Crippen LogP) is 9.37. The number of halogens is 2. The standard InChI is InChI=1S/C38H46F2N2O/c1-6-28(4)42(40)29(5)31-14-18-36-32(24-31)9-7-10-37(35-17-11-26(2)23-27(35)3)38(36)30-12-15-33(16-13-30)43-34-19-22-41(25-34)21-8-20-39/h11-18,23-24,28,34H,5-10,19-22,25H2,1-4H3/t28-,34?/m1/s1. The Balaban J connectivity index is 1.51. The van der Waals surface area contributed by atoms with Gasteiger partial charge in [-0.05, 0) is 116 Å².